The minimum Gasteiger partial charge on any atom is -0.348 e. The lowest BCUT2D eigenvalue weighted by Crippen LogP contribution is -2.35. The second-order valence-electron chi connectivity index (χ2n) is 14.4. The molecule has 330 valence electrons. The molecule has 0 saturated carbocycles. The molecule has 7 rings (SSSR count). The molecule has 0 radical (unpaired) electrons. The quantitative estimate of drug-likeness (QED) is 0.0723. The van der Waals surface area contributed by atoms with Crippen LogP contribution in [0.5, 0.6) is 0 Å². The summed E-state index contributed by atoms with van der Waals surface area (Å²) in [5.74, 6) is -2.72. The summed E-state index contributed by atoms with van der Waals surface area (Å²) in [6, 6.07) is 18.6. The van der Waals surface area contributed by atoms with E-state index < -0.39 is 35.4 Å². The molecule has 1 aromatic carbocycles. The summed E-state index contributed by atoms with van der Waals surface area (Å²) in [6.07, 6.45) is 17.8. The number of aromatic nitrogens is 6. The highest BCUT2D eigenvalue weighted by Gasteiger charge is 2.27. The molecule has 18 nitrogen and oxygen atoms in total. The molecule has 7 aromatic rings. The molecule has 0 aliphatic carbocycles. The van der Waals surface area contributed by atoms with E-state index in [9.17, 15) is 28.8 Å². The number of benzene rings is 1. The van der Waals surface area contributed by atoms with Crippen molar-refractivity contribution in [1.29, 1.82) is 0 Å². The van der Waals surface area contributed by atoms with Crippen LogP contribution in [0.4, 0.5) is 0 Å². The predicted octanol–water partition coefficient (Wildman–Crippen LogP) is 3.64. The Morgan fingerprint density at radius 3 is 0.485 bits per heavy atom. The Morgan fingerprint density at radius 1 is 0.242 bits per heavy atom. The first-order valence-electron chi connectivity index (χ1n) is 20.5. The van der Waals surface area contributed by atoms with Crippen LogP contribution in [-0.2, 0) is 39.3 Å². The first-order chi connectivity index (χ1) is 32.3. The average molecular weight is 883 g/mol. The number of carbonyl (C=O) groups is 6. The number of nitrogens with zero attached hydrogens (tertiary/aromatic N) is 6. The van der Waals surface area contributed by atoms with Crippen LogP contribution in [0.2, 0.25) is 0 Å². The second-order valence-corrected chi connectivity index (χ2v) is 14.4. The number of amides is 6. The van der Waals surface area contributed by atoms with Gasteiger partial charge in [0.1, 0.15) is 0 Å². The van der Waals surface area contributed by atoms with Gasteiger partial charge in [0.25, 0.3) is 35.4 Å². The van der Waals surface area contributed by atoms with Crippen LogP contribution in [0.3, 0.4) is 0 Å². The van der Waals surface area contributed by atoms with Crippen molar-refractivity contribution in [3.05, 3.63) is 214 Å². The maximum Gasteiger partial charge on any atom is 0.251 e. The van der Waals surface area contributed by atoms with E-state index in [0.29, 0.717) is 66.8 Å². The molecule has 0 aliphatic rings. The summed E-state index contributed by atoms with van der Waals surface area (Å²) >= 11 is 0. The molecule has 6 heterocycles. The Labute approximate surface area is 378 Å². The van der Waals surface area contributed by atoms with Crippen molar-refractivity contribution in [2.45, 2.75) is 39.3 Å². The third-order valence-electron chi connectivity index (χ3n) is 10.4. The van der Waals surface area contributed by atoms with Gasteiger partial charge in [0.2, 0.25) is 0 Å². The maximum atomic E-state index is 13.8. The Morgan fingerprint density at radius 2 is 0.364 bits per heavy atom. The van der Waals surface area contributed by atoms with Crippen molar-refractivity contribution in [2.75, 3.05) is 0 Å². The normalized spacial score (nSPS) is 10.5. The number of hydrogen-bond acceptors (Lipinski definition) is 12. The summed E-state index contributed by atoms with van der Waals surface area (Å²) in [7, 11) is 0. The molecular formula is C48H42N12O6. The van der Waals surface area contributed by atoms with Gasteiger partial charge < -0.3 is 31.9 Å². The number of carbonyl (C=O) groups excluding carboxylic acids is 6. The van der Waals surface area contributed by atoms with Gasteiger partial charge in [-0.1, -0.05) is 0 Å². The Balaban J connectivity index is 1.43. The summed E-state index contributed by atoms with van der Waals surface area (Å²) in [4.78, 5) is 107. The van der Waals surface area contributed by atoms with Gasteiger partial charge in [-0.2, -0.15) is 0 Å². The molecule has 66 heavy (non-hydrogen) atoms. The number of rotatable bonds is 18. The molecule has 0 aliphatic heterocycles. The van der Waals surface area contributed by atoms with Crippen molar-refractivity contribution >= 4 is 35.4 Å². The van der Waals surface area contributed by atoms with Gasteiger partial charge in [-0.25, -0.2) is 0 Å². The molecule has 0 fully saturated rings. The van der Waals surface area contributed by atoms with Crippen LogP contribution >= 0.6 is 0 Å². The van der Waals surface area contributed by atoms with Crippen LogP contribution in [0.15, 0.2) is 147 Å². The van der Waals surface area contributed by atoms with Gasteiger partial charge in [-0.15, -0.1) is 0 Å². The maximum absolute atomic E-state index is 13.8. The predicted molar refractivity (Wildman–Crippen MR) is 239 cm³/mol. The highest BCUT2D eigenvalue weighted by atomic mass is 16.2. The Hall–Kier alpha value is -9.06. The summed E-state index contributed by atoms with van der Waals surface area (Å²) in [6.45, 7) is -0.986. The molecule has 18 heteroatoms. The number of nitrogens with one attached hydrogen (secondary N) is 6. The van der Waals surface area contributed by atoms with E-state index in [4.69, 9.17) is 0 Å². The zero-order chi connectivity index (χ0) is 46.1. The third kappa shape index (κ3) is 11.7. The fourth-order valence-corrected chi connectivity index (χ4v) is 7.02. The average Bonchev–Trinajstić information content (AvgIpc) is 3.38. The smallest absolute Gasteiger partial charge is 0.251 e. The van der Waals surface area contributed by atoms with Crippen molar-refractivity contribution in [1.82, 2.24) is 61.8 Å². The van der Waals surface area contributed by atoms with E-state index in [1.807, 2.05) is 0 Å². The lowest BCUT2D eigenvalue weighted by molar-refractivity contribution is 0.0935. The molecule has 6 amide bonds. The molecule has 0 saturated heterocycles. The van der Waals surface area contributed by atoms with Crippen molar-refractivity contribution in [2.24, 2.45) is 0 Å². The van der Waals surface area contributed by atoms with Crippen LogP contribution in [0.25, 0.3) is 0 Å². The van der Waals surface area contributed by atoms with E-state index in [-0.39, 0.29) is 39.3 Å². The van der Waals surface area contributed by atoms with Crippen molar-refractivity contribution in [3.63, 3.8) is 0 Å². The lowest BCUT2D eigenvalue weighted by atomic mass is 9.85. The molecular weight excluding hydrogens is 841 g/mol. The zero-order valence-corrected chi connectivity index (χ0v) is 35.2. The fraction of sp³-hybridized carbons (Fsp3) is 0.125. The summed E-state index contributed by atoms with van der Waals surface area (Å²) in [5.41, 5.74) is 4.60. The van der Waals surface area contributed by atoms with E-state index in [1.165, 1.54) is 74.4 Å². The van der Waals surface area contributed by atoms with Crippen molar-refractivity contribution in [3.8, 4) is 0 Å². The molecule has 6 N–H and O–H groups in total. The first kappa shape index (κ1) is 45.0. The standard InChI is InChI=1S/C48H42N12O6/c61-43(31-1-13-49-14-2-31)55-25-37-38(26-56-44(62)32-3-15-50-16-4-32)40(28-58-46(64)34-7-19-52-20-8-34)42(30-60-48(66)36-11-23-54-24-12-36)41(29-59-47(65)35-9-21-53-22-10-35)39(37)27-57-45(63)33-5-17-51-18-6-33/h1-24H,25-30H2,(H,55,61)(H,56,62)(H,57,63)(H,58,64)(H,59,65)(H,60,66). The zero-order valence-electron chi connectivity index (χ0n) is 35.2. The van der Waals surface area contributed by atoms with Crippen LogP contribution in [0, 0.1) is 0 Å². The van der Waals surface area contributed by atoms with E-state index >= 15 is 0 Å². The topological polar surface area (TPSA) is 252 Å². The molecule has 6 aromatic heterocycles. The summed E-state index contributed by atoms with van der Waals surface area (Å²) in [5, 5.41) is 17.9. The van der Waals surface area contributed by atoms with Gasteiger partial charge in [0.05, 0.1) is 0 Å². The monoisotopic (exact) mass is 882 g/mol. The molecule has 0 atom stereocenters. The number of hydrogen-bond donors (Lipinski definition) is 6. The SMILES string of the molecule is O=C(NCc1c(CNC(=O)c2ccncc2)c(CNC(=O)c2ccncc2)c(CNC(=O)c2ccncc2)c(CNC(=O)c2ccncc2)c1CNC(=O)c1ccncc1)c1ccncc1. The van der Waals surface area contributed by atoms with Gasteiger partial charge in [0, 0.05) is 147 Å². The number of pyridine rings is 6. The van der Waals surface area contributed by atoms with Gasteiger partial charge in [0.15, 0.2) is 0 Å². The minimum atomic E-state index is -0.454. The first-order valence-corrected chi connectivity index (χ1v) is 20.5. The minimum absolute atomic E-state index is 0.164. The lowest BCUT2D eigenvalue weighted by Gasteiger charge is -2.28. The Bertz CT molecular complexity index is 2290. The van der Waals surface area contributed by atoms with Crippen LogP contribution in [-0.4, -0.2) is 65.3 Å². The largest absolute Gasteiger partial charge is 0.348 e. The van der Waals surface area contributed by atoms with Crippen molar-refractivity contribution < 1.29 is 28.8 Å². The van der Waals surface area contributed by atoms with Gasteiger partial charge >= 0.3 is 0 Å². The Kier molecular flexibility index (Phi) is 15.2. The molecule has 0 unspecified atom stereocenters. The third-order valence-corrected chi connectivity index (χ3v) is 10.4. The van der Waals surface area contributed by atoms with E-state index in [2.05, 4.69) is 61.8 Å². The van der Waals surface area contributed by atoms with Crippen LogP contribution in [0.1, 0.15) is 95.5 Å². The molecule has 0 bridgehead atoms. The second kappa shape index (κ2) is 22.3. The van der Waals surface area contributed by atoms with E-state index in [1.54, 1.807) is 72.8 Å². The van der Waals surface area contributed by atoms with E-state index in [0.717, 1.165) is 0 Å². The molecule has 0 spiro atoms. The van der Waals surface area contributed by atoms with Gasteiger partial charge in [-0.05, 0) is 106 Å². The van der Waals surface area contributed by atoms with Gasteiger partial charge in [-0.3, -0.25) is 58.7 Å². The fourth-order valence-electron chi connectivity index (χ4n) is 7.02. The highest BCUT2D eigenvalue weighted by molar-refractivity contribution is 5.97. The van der Waals surface area contributed by atoms with Crippen LogP contribution < -0.4 is 31.9 Å². The summed E-state index contributed by atoms with van der Waals surface area (Å²) < 4.78 is 0. The highest BCUT2D eigenvalue weighted by Crippen LogP contribution is 2.31.